The van der Waals surface area contributed by atoms with E-state index in [1.807, 2.05) is 13.8 Å². The van der Waals surface area contributed by atoms with E-state index in [1.165, 1.54) is 18.3 Å². The molecule has 0 bridgehead atoms. The Labute approximate surface area is 184 Å². The second-order valence-corrected chi connectivity index (χ2v) is 9.13. The predicted octanol–water partition coefficient (Wildman–Crippen LogP) is 3.77. The smallest absolute Gasteiger partial charge is 0.259 e. The fraction of sp³-hybridized carbons (Fsp3) is 0.522. The summed E-state index contributed by atoms with van der Waals surface area (Å²) in [4.78, 5) is 29.8. The van der Waals surface area contributed by atoms with Crippen LogP contribution >= 0.6 is 0 Å². The highest BCUT2D eigenvalue weighted by Gasteiger charge is 2.58. The van der Waals surface area contributed by atoms with E-state index < -0.39 is 29.5 Å². The third kappa shape index (κ3) is 3.30. The number of benzene rings is 1. The number of ether oxygens (including phenoxy) is 1. The van der Waals surface area contributed by atoms with Crippen molar-refractivity contribution >= 4 is 11.8 Å². The van der Waals surface area contributed by atoms with Gasteiger partial charge in [0.2, 0.25) is 0 Å². The fourth-order valence-corrected chi connectivity index (χ4v) is 5.21. The molecule has 3 aliphatic heterocycles. The van der Waals surface area contributed by atoms with Gasteiger partial charge < -0.3 is 19.1 Å². The molecule has 9 heteroatoms. The summed E-state index contributed by atoms with van der Waals surface area (Å²) in [6, 6.07) is 2.97. The summed E-state index contributed by atoms with van der Waals surface area (Å²) < 4.78 is 39.0. The van der Waals surface area contributed by atoms with E-state index in [0.717, 1.165) is 6.07 Å². The summed E-state index contributed by atoms with van der Waals surface area (Å²) in [6.07, 6.45) is 2.97. The number of carbonyl (C=O) groups excluding carboxylic acids is 2. The van der Waals surface area contributed by atoms with Crippen LogP contribution < -0.4 is 0 Å². The number of hydrogen-bond acceptors (Lipinski definition) is 5. The molecule has 4 heterocycles. The normalized spacial score (nSPS) is 24.6. The molecule has 1 aromatic carbocycles. The van der Waals surface area contributed by atoms with Crippen molar-refractivity contribution in [3.8, 4) is 0 Å². The van der Waals surface area contributed by atoms with E-state index in [4.69, 9.17) is 9.26 Å². The van der Waals surface area contributed by atoms with Gasteiger partial charge in [0.1, 0.15) is 23.4 Å². The summed E-state index contributed by atoms with van der Waals surface area (Å²) in [5.74, 6) is -1.06. The lowest BCUT2D eigenvalue weighted by Crippen LogP contribution is -2.51. The number of nitrogens with zero attached hydrogens (tertiary/aromatic N) is 3. The zero-order valence-electron chi connectivity index (χ0n) is 18.0. The number of carbonyl (C=O) groups is 2. The van der Waals surface area contributed by atoms with Crippen molar-refractivity contribution in [3.05, 3.63) is 52.9 Å². The van der Waals surface area contributed by atoms with Gasteiger partial charge in [0.25, 0.3) is 11.8 Å². The molecular weight excluding hydrogens is 420 g/mol. The van der Waals surface area contributed by atoms with Crippen molar-refractivity contribution in [3.63, 3.8) is 0 Å². The van der Waals surface area contributed by atoms with Gasteiger partial charge in [-0.25, -0.2) is 8.78 Å². The molecule has 3 aliphatic rings. The van der Waals surface area contributed by atoms with Gasteiger partial charge in [-0.3, -0.25) is 9.59 Å². The Morgan fingerprint density at radius 2 is 1.84 bits per heavy atom. The Morgan fingerprint density at radius 3 is 2.50 bits per heavy atom. The zero-order chi connectivity index (χ0) is 22.6. The van der Waals surface area contributed by atoms with Crippen LogP contribution in [0.4, 0.5) is 8.78 Å². The minimum absolute atomic E-state index is 0.0316. The summed E-state index contributed by atoms with van der Waals surface area (Å²) in [5, 5.41) is 3.77. The molecule has 3 saturated heterocycles. The molecule has 7 nitrogen and oxygen atoms in total. The summed E-state index contributed by atoms with van der Waals surface area (Å²) >= 11 is 0. The predicted molar refractivity (Wildman–Crippen MR) is 109 cm³/mol. The maximum Gasteiger partial charge on any atom is 0.259 e. The molecule has 1 spiro atoms. The van der Waals surface area contributed by atoms with Crippen molar-refractivity contribution < 1.29 is 27.6 Å². The van der Waals surface area contributed by atoms with E-state index in [2.05, 4.69) is 5.16 Å². The van der Waals surface area contributed by atoms with Gasteiger partial charge in [-0.2, -0.15) is 0 Å². The van der Waals surface area contributed by atoms with Gasteiger partial charge in [-0.1, -0.05) is 19.0 Å². The number of likely N-dealkylation sites (tertiary alicyclic amines) is 1. The molecule has 32 heavy (non-hydrogen) atoms. The molecular formula is C23H25F2N3O4. The summed E-state index contributed by atoms with van der Waals surface area (Å²) in [5.41, 5.74) is -0.106. The van der Waals surface area contributed by atoms with Gasteiger partial charge in [-0.15, -0.1) is 0 Å². The standard InChI is InChI=1S/C23H25F2N3O4/c1-13(2)20-17(12-26-32-20)21(29)27-7-5-23(6-8-27)22(30)28-18(3-4-19(28)31-23)14-9-15(24)11-16(25)10-14/h9-13,18-19H,3-8H2,1-2H3/t18-,19?/m0/s1. The zero-order valence-corrected chi connectivity index (χ0v) is 18.0. The molecule has 0 radical (unpaired) electrons. The van der Waals surface area contributed by atoms with Crippen LogP contribution in [0.3, 0.4) is 0 Å². The second-order valence-electron chi connectivity index (χ2n) is 9.13. The molecule has 1 unspecified atom stereocenters. The number of piperidine rings is 1. The number of hydrogen-bond donors (Lipinski definition) is 0. The monoisotopic (exact) mass is 445 g/mol. The first-order chi connectivity index (χ1) is 15.3. The average molecular weight is 445 g/mol. The van der Waals surface area contributed by atoms with E-state index in [9.17, 15) is 18.4 Å². The van der Waals surface area contributed by atoms with E-state index in [-0.39, 0.29) is 17.7 Å². The third-order valence-electron chi connectivity index (χ3n) is 6.80. The minimum atomic E-state index is -0.999. The van der Waals surface area contributed by atoms with Crippen molar-refractivity contribution in [2.75, 3.05) is 13.1 Å². The van der Waals surface area contributed by atoms with Crippen molar-refractivity contribution in [1.82, 2.24) is 15.0 Å². The van der Waals surface area contributed by atoms with Crippen molar-refractivity contribution in [2.45, 2.75) is 63.3 Å². The van der Waals surface area contributed by atoms with E-state index in [1.54, 1.807) is 9.80 Å². The lowest BCUT2D eigenvalue weighted by atomic mass is 9.89. The van der Waals surface area contributed by atoms with E-state index >= 15 is 0 Å². The lowest BCUT2D eigenvalue weighted by Gasteiger charge is -2.37. The summed E-state index contributed by atoms with van der Waals surface area (Å²) in [6.45, 7) is 4.60. The third-order valence-corrected chi connectivity index (χ3v) is 6.80. The first-order valence-electron chi connectivity index (χ1n) is 11.0. The van der Waals surface area contributed by atoms with Crippen molar-refractivity contribution in [1.29, 1.82) is 0 Å². The molecule has 0 aliphatic carbocycles. The largest absolute Gasteiger partial charge is 0.360 e. The molecule has 2 atom stereocenters. The van der Waals surface area contributed by atoms with Crippen LogP contribution in [0.25, 0.3) is 0 Å². The molecule has 2 aromatic rings. The van der Waals surface area contributed by atoms with Crippen LogP contribution in [0.15, 0.2) is 28.9 Å². The first-order valence-corrected chi connectivity index (χ1v) is 11.0. The number of fused-ring (bicyclic) bond motifs is 1. The molecule has 3 fully saturated rings. The number of aromatic nitrogens is 1. The second kappa shape index (κ2) is 7.65. The Bertz CT molecular complexity index is 1040. The van der Waals surface area contributed by atoms with Crippen LogP contribution in [-0.4, -0.2) is 51.7 Å². The molecule has 1 aromatic heterocycles. The highest BCUT2D eigenvalue weighted by atomic mass is 19.1. The highest BCUT2D eigenvalue weighted by molar-refractivity contribution is 5.95. The molecule has 0 N–H and O–H groups in total. The Morgan fingerprint density at radius 1 is 1.16 bits per heavy atom. The topological polar surface area (TPSA) is 75.9 Å². The number of rotatable bonds is 3. The van der Waals surface area contributed by atoms with Crippen LogP contribution in [0.1, 0.15) is 73.2 Å². The van der Waals surface area contributed by atoms with Gasteiger partial charge in [-0.05, 0) is 30.5 Å². The van der Waals surface area contributed by atoms with E-state index in [0.29, 0.717) is 55.7 Å². The number of halogens is 2. The molecule has 5 rings (SSSR count). The van der Waals surface area contributed by atoms with Gasteiger partial charge in [0.15, 0.2) is 11.4 Å². The fourth-order valence-electron chi connectivity index (χ4n) is 5.21. The molecule has 2 amide bonds. The maximum absolute atomic E-state index is 13.8. The van der Waals surface area contributed by atoms with Gasteiger partial charge in [0.05, 0.1) is 12.2 Å². The average Bonchev–Trinajstić information content (AvgIpc) is 3.44. The number of amides is 2. The minimum Gasteiger partial charge on any atom is -0.360 e. The quantitative estimate of drug-likeness (QED) is 0.719. The maximum atomic E-state index is 13.8. The summed E-state index contributed by atoms with van der Waals surface area (Å²) in [7, 11) is 0. The van der Waals surface area contributed by atoms with Crippen LogP contribution in [0.2, 0.25) is 0 Å². The molecule has 170 valence electrons. The lowest BCUT2D eigenvalue weighted by molar-refractivity contribution is -0.142. The Kier molecular flexibility index (Phi) is 5.03. The first kappa shape index (κ1) is 21.1. The Hall–Kier alpha value is -2.81. The van der Waals surface area contributed by atoms with Crippen molar-refractivity contribution in [2.24, 2.45) is 0 Å². The molecule has 0 saturated carbocycles. The highest BCUT2D eigenvalue weighted by Crippen LogP contribution is 2.47. The van der Waals surface area contributed by atoms with Crippen LogP contribution in [0.5, 0.6) is 0 Å². The Balaban J connectivity index is 1.31. The van der Waals surface area contributed by atoms with Crippen LogP contribution in [0, 0.1) is 11.6 Å². The van der Waals surface area contributed by atoms with Gasteiger partial charge >= 0.3 is 0 Å². The van der Waals surface area contributed by atoms with Gasteiger partial charge in [0, 0.05) is 37.9 Å². The SMILES string of the molecule is CC(C)c1oncc1C(=O)N1CCC2(CC1)OC1CC[C@@H](c3cc(F)cc(F)c3)N1C2=O. The van der Waals surface area contributed by atoms with Crippen LogP contribution in [-0.2, 0) is 9.53 Å².